The van der Waals surface area contributed by atoms with Crippen molar-refractivity contribution >= 4 is 35.1 Å². The third kappa shape index (κ3) is 6.03. The van der Waals surface area contributed by atoms with Crippen LogP contribution in [0, 0.1) is 0 Å². The Kier molecular flexibility index (Phi) is 7.43. The molecule has 1 aliphatic rings. The molecule has 5 nitrogen and oxygen atoms in total. The quantitative estimate of drug-likeness (QED) is 0.149. The summed E-state index contributed by atoms with van der Waals surface area (Å²) in [5.41, 5.74) is 5.53. The van der Waals surface area contributed by atoms with E-state index in [2.05, 4.69) is 67.4 Å². The molecule has 2 heterocycles. The van der Waals surface area contributed by atoms with Crippen LogP contribution < -0.4 is 0 Å². The van der Waals surface area contributed by atoms with E-state index in [0.29, 0.717) is 15.8 Å². The molecule has 4 aromatic rings. The number of amides is 1. The van der Waals surface area contributed by atoms with E-state index < -0.39 is 0 Å². The van der Waals surface area contributed by atoms with Gasteiger partial charge in [0.1, 0.15) is 5.76 Å². The lowest BCUT2D eigenvalue weighted by Gasteiger charge is -2.18. The predicted octanol–water partition coefficient (Wildman–Crippen LogP) is 7.75. The third-order valence-corrected chi connectivity index (χ3v) is 7.22. The van der Waals surface area contributed by atoms with E-state index in [4.69, 9.17) is 4.42 Å². The van der Waals surface area contributed by atoms with Crippen molar-refractivity contribution in [2.24, 2.45) is 10.2 Å². The maximum Gasteiger partial charge on any atom is 0.267 e. The lowest BCUT2D eigenvalue weighted by Crippen LogP contribution is -2.28. The summed E-state index contributed by atoms with van der Waals surface area (Å²) in [6.45, 7) is 6.85. The summed E-state index contributed by atoms with van der Waals surface area (Å²) in [4.78, 5) is 15.6. The maximum atomic E-state index is 13.4. The Hall–Kier alpha value is -4.16. The lowest BCUT2D eigenvalue weighted by atomic mass is 9.87. The molecule has 0 unspecified atom stereocenters. The first kappa shape index (κ1) is 25.5. The van der Waals surface area contributed by atoms with Gasteiger partial charge < -0.3 is 4.42 Å². The highest BCUT2D eigenvalue weighted by molar-refractivity contribution is 8.18. The molecular formula is C32H29N3O2S. The molecule has 0 radical (unpaired) electrons. The van der Waals surface area contributed by atoms with E-state index in [1.54, 1.807) is 17.4 Å². The number of amidine groups is 1. The van der Waals surface area contributed by atoms with Crippen LogP contribution in [0.3, 0.4) is 0 Å². The molecule has 1 aliphatic heterocycles. The molecule has 5 rings (SSSR count). The molecule has 38 heavy (non-hydrogen) atoms. The van der Waals surface area contributed by atoms with Crippen LogP contribution in [0.25, 0.3) is 17.2 Å². The molecule has 1 amide bonds. The topological polar surface area (TPSA) is 58.2 Å². The highest BCUT2D eigenvalue weighted by Crippen LogP contribution is 2.34. The third-order valence-electron chi connectivity index (χ3n) is 6.22. The van der Waals surface area contributed by atoms with Crippen LogP contribution in [0.15, 0.2) is 117 Å². The Morgan fingerprint density at radius 2 is 1.53 bits per heavy atom. The van der Waals surface area contributed by atoms with Crippen molar-refractivity contribution < 1.29 is 9.21 Å². The number of nitrogens with zero attached hydrogens (tertiary/aromatic N) is 3. The summed E-state index contributed by atoms with van der Waals surface area (Å²) in [6.07, 6.45) is 5.21. The van der Waals surface area contributed by atoms with Crippen LogP contribution in [-0.2, 0) is 16.8 Å². The first-order chi connectivity index (χ1) is 18.4. The number of rotatable bonds is 6. The molecule has 0 atom stereocenters. The molecule has 0 saturated carbocycles. The second-order valence-electron chi connectivity index (χ2n) is 10.1. The van der Waals surface area contributed by atoms with Crippen LogP contribution in [0.1, 0.15) is 43.2 Å². The van der Waals surface area contributed by atoms with Crippen molar-refractivity contribution in [3.63, 3.8) is 0 Å². The molecule has 6 heteroatoms. The first-order valence-electron chi connectivity index (χ1n) is 12.5. The second kappa shape index (κ2) is 11.1. The number of carbonyl (C=O) groups is 1. The van der Waals surface area contributed by atoms with Gasteiger partial charge in [0.2, 0.25) is 0 Å². The molecule has 1 fully saturated rings. The fraction of sp³-hybridized carbons (Fsp3) is 0.156. The van der Waals surface area contributed by atoms with Gasteiger partial charge in [0.05, 0.1) is 23.9 Å². The average molecular weight is 520 g/mol. The standard InChI is InChI=1S/C32H29N3O2S/c1-32(2,3)27-17-13-24(14-18-27)21-33-34-31-35(22-28-10-7-19-37-28)30(36)29(38-31)20-23-11-15-26(16-12-23)25-8-5-4-6-9-25/h4-21H,22H2,1-3H3/b29-20-,33-21+,34-31-. The minimum Gasteiger partial charge on any atom is -0.467 e. The van der Waals surface area contributed by atoms with Crippen molar-refractivity contribution in [3.8, 4) is 11.1 Å². The SMILES string of the molecule is CC(C)(C)c1ccc(/C=N/N=C2\S/C(=C\c3ccc(-c4ccccc4)cc3)C(=O)N2Cc2ccco2)cc1. The normalized spacial score (nSPS) is 16.3. The van der Waals surface area contributed by atoms with Crippen LogP contribution in [0.2, 0.25) is 0 Å². The summed E-state index contributed by atoms with van der Waals surface area (Å²) in [5, 5.41) is 9.24. The van der Waals surface area contributed by atoms with E-state index >= 15 is 0 Å². The van der Waals surface area contributed by atoms with E-state index in [-0.39, 0.29) is 17.9 Å². The zero-order chi connectivity index (χ0) is 26.5. The Labute approximate surface area is 227 Å². The van der Waals surface area contributed by atoms with Gasteiger partial charge >= 0.3 is 0 Å². The van der Waals surface area contributed by atoms with Gasteiger partial charge in [-0.15, -0.1) is 5.10 Å². The molecule has 3 aromatic carbocycles. The van der Waals surface area contributed by atoms with Gasteiger partial charge in [-0.1, -0.05) is 99.6 Å². The number of benzene rings is 3. The van der Waals surface area contributed by atoms with Crippen molar-refractivity contribution in [3.05, 3.63) is 125 Å². The van der Waals surface area contributed by atoms with Crippen molar-refractivity contribution in [2.45, 2.75) is 32.7 Å². The summed E-state index contributed by atoms with van der Waals surface area (Å²) in [5.74, 6) is 0.559. The van der Waals surface area contributed by atoms with Crippen molar-refractivity contribution in [2.75, 3.05) is 0 Å². The van der Waals surface area contributed by atoms with Crippen LogP contribution in [-0.4, -0.2) is 22.2 Å². The van der Waals surface area contributed by atoms with Gasteiger partial charge in [-0.3, -0.25) is 9.69 Å². The second-order valence-corrected chi connectivity index (χ2v) is 11.1. The van der Waals surface area contributed by atoms with E-state index in [1.807, 2.05) is 60.7 Å². The maximum absolute atomic E-state index is 13.4. The zero-order valence-corrected chi connectivity index (χ0v) is 22.5. The minimum atomic E-state index is -0.123. The molecule has 1 aromatic heterocycles. The monoisotopic (exact) mass is 519 g/mol. The number of hydrogen-bond donors (Lipinski definition) is 0. The number of thioether (sulfide) groups is 1. The Bertz CT molecular complexity index is 1480. The molecule has 190 valence electrons. The van der Waals surface area contributed by atoms with Gasteiger partial charge in [0, 0.05) is 0 Å². The van der Waals surface area contributed by atoms with Crippen molar-refractivity contribution in [1.82, 2.24) is 4.90 Å². The van der Waals surface area contributed by atoms with Gasteiger partial charge in [0.25, 0.3) is 5.91 Å². The zero-order valence-electron chi connectivity index (χ0n) is 21.7. The van der Waals surface area contributed by atoms with Gasteiger partial charge in [-0.25, -0.2) is 0 Å². The van der Waals surface area contributed by atoms with Gasteiger partial charge in [-0.2, -0.15) is 5.10 Å². The minimum absolute atomic E-state index is 0.0910. The largest absolute Gasteiger partial charge is 0.467 e. The van der Waals surface area contributed by atoms with E-state index in [9.17, 15) is 4.79 Å². The van der Waals surface area contributed by atoms with Crippen LogP contribution in [0.4, 0.5) is 0 Å². The summed E-state index contributed by atoms with van der Waals surface area (Å²) in [6, 6.07) is 30.3. The van der Waals surface area contributed by atoms with Crippen LogP contribution >= 0.6 is 11.8 Å². The number of carbonyl (C=O) groups excluding carboxylic acids is 1. The smallest absolute Gasteiger partial charge is 0.267 e. The molecule has 0 bridgehead atoms. The molecule has 0 aliphatic carbocycles. The van der Waals surface area contributed by atoms with Crippen LogP contribution in [0.5, 0.6) is 0 Å². The average Bonchev–Trinajstić information content (AvgIpc) is 3.54. The first-order valence-corrected chi connectivity index (χ1v) is 13.3. The molecular weight excluding hydrogens is 490 g/mol. The fourth-order valence-corrected chi connectivity index (χ4v) is 4.98. The number of furan rings is 1. The highest BCUT2D eigenvalue weighted by atomic mass is 32.2. The van der Waals surface area contributed by atoms with Gasteiger partial charge in [-0.05, 0) is 63.2 Å². The molecule has 1 saturated heterocycles. The van der Waals surface area contributed by atoms with Crippen molar-refractivity contribution in [1.29, 1.82) is 0 Å². The summed E-state index contributed by atoms with van der Waals surface area (Å²) in [7, 11) is 0. The predicted molar refractivity (Wildman–Crippen MR) is 157 cm³/mol. The van der Waals surface area contributed by atoms with E-state index in [1.165, 1.54) is 17.3 Å². The Balaban J connectivity index is 1.37. The Morgan fingerprint density at radius 3 is 2.18 bits per heavy atom. The van der Waals surface area contributed by atoms with Gasteiger partial charge in [0.15, 0.2) is 5.17 Å². The fourth-order valence-electron chi connectivity index (χ4n) is 4.05. The molecule has 0 spiro atoms. The summed E-state index contributed by atoms with van der Waals surface area (Å²) >= 11 is 1.32. The van der Waals surface area contributed by atoms with E-state index in [0.717, 1.165) is 22.3 Å². The lowest BCUT2D eigenvalue weighted by molar-refractivity contribution is -0.122. The Morgan fingerprint density at radius 1 is 0.842 bits per heavy atom. The number of hydrogen-bond acceptors (Lipinski definition) is 5. The molecule has 0 N–H and O–H groups in total. The summed E-state index contributed by atoms with van der Waals surface area (Å²) < 4.78 is 5.50. The highest BCUT2D eigenvalue weighted by Gasteiger charge is 2.34.